The highest BCUT2D eigenvalue weighted by molar-refractivity contribution is 7.92. The first kappa shape index (κ1) is 21.9. The molecule has 0 aliphatic rings. The topological polar surface area (TPSA) is 75.3 Å². The van der Waals surface area contributed by atoms with E-state index in [1.54, 1.807) is 12.1 Å². The van der Waals surface area contributed by atoms with Gasteiger partial charge in [0.05, 0.1) is 27.2 Å². The molecule has 1 amide bonds. The zero-order chi connectivity index (χ0) is 21.9. The number of hydrogen-bond donors (Lipinski definition) is 2. The first-order valence-corrected chi connectivity index (χ1v) is 11.3. The zero-order valence-corrected chi connectivity index (χ0v) is 18.5. The predicted molar refractivity (Wildman–Crippen MR) is 120 cm³/mol. The van der Waals surface area contributed by atoms with Crippen molar-refractivity contribution in [3.63, 3.8) is 0 Å². The van der Waals surface area contributed by atoms with E-state index in [2.05, 4.69) is 10.0 Å². The highest BCUT2D eigenvalue weighted by atomic mass is 35.5. The lowest BCUT2D eigenvalue weighted by Gasteiger charge is -2.16. The van der Waals surface area contributed by atoms with Crippen molar-refractivity contribution in [2.75, 3.05) is 4.72 Å². The Morgan fingerprint density at radius 1 is 0.900 bits per heavy atom. The van der Waals surface area contributed by atoms with Gasteiger partial charge in [-0.3, -0.25) is 9.52 Å². The van der Waals surface area contributed by atoms with Gasteiger partial charge in [0.2, 0.25) is 0 Å². The van der Waals surface area contributed by atoms with E-state index >= 15 is 0 Å². The molecule has 1 atom stereocenters. The number of benzene rings is 3. The SMILES string of the molecule is Cc1ccc(C(C)NC(=O)c2ccc(NS(=O)(=O)c3ccc(C)cc3)cc2Cl)cc1. The number of amides is 1. The smallest absolute Gasteiger partial charge is 0.261 e. The second kappa shape index (κ2) is 8.90. The van der Waals surface area contributed by atoms with Crippen LogP contribution in [-0.2, 0) is 10.0 Å². The summed E-state index contributed by atoms with van der Waals surface area (Å²) in [6.45, 7) is 5.77. The van der Waals surface area contributed by atoms with Gasteiger partial charge in [-0.2, -0.15) is 0 Å². The molecule has 5 nitrogen and oxygen atoms in total. The monoisotopic (exact) mass is 442 g/mol. The van der Waals surface area contributed by atoms with Crippen LogP contribution in [-0.4, -0.2) is 14.3 Å². The molecule has 0 saturated carbocycles. The van der Waals surface area contributed by atoms with E-state index < -0.39 is 10.0 Å². The van der Waals surface area contributed by atoms with E-state index in [9.17, 15) is 13.2 Å². The van der Waals surface area contributed by atoms with Crippen LogP contribution in [0.15, 0.2) is 71.6 Å². The number of hydrogen-bond acceptors (Lipinski definition) is 3. The maximum absolute atomic E-state index is 12.6. The van der Waals surface area contributed by atoms with Crippen LogP contribution in [0.4, 0.5) is 5.69 Å². The molecule has 156 valence electrons. The van der Waals surface area contributed by atoms with Crippen LogP contribution in [0.3, 0.4) is 0 Å². The molecule has 0 aliphatic heterocycles. The normalized spacial score (nSPS) is 12.3. The standard InChI is InChI=1S/C23H23ClN2O3S/c1-15-4-8-18(9-5-15)17(3)25-23(27)21-13-10-19(14-22(21)24)26-30(28,29)20-11-6-16(2)7-12-20/h4-14,17,26H,1-3H3,(H,25,27). The average Bonchev–Trinajstić information content (AvgIpc) is 2.68. The van der Waals surface area contributed by atoms with Crippen molar-refractivity contribution < 1.29 is 13.2 Å². The number of rotatable bonds is 6. The lowest BCUT2D eigenvalue weighted by molar-refractivity contribution is 0.0940. The Morgan fingerprint density at radius 3 is 2.03 bits per heavy atom. The molecular weight excluding hydrogens is 420 g/mol. The molecule has 0 aromatic heterocycles. The molecular formula is C23H23ClN2O3S. The minimum absolute atomic E-state index is 0.151. The number of anilines is 1. The summed E-state index contributed by atoms with van der Waals surface area (Å²) < 4.78 is 27.6. The third kappa shape index (κ3) is 5.20. The Bertz CT molecular complexity index is 1160. The van der Waals surface area contributed by atoms with Gasteiger partial charge < -0.3 is 5.32 Å². The van der Waals surface area contributed by atoms with E-state index in [1.165, 1.54) is 30.3 Å². The van der Waals surface area contributed by atoms with Gasteiger partial charge in [0.25, 0.3) is 15.9 Å². The fourth-order valence-electron chi connectivity index (χ4n) is 2.91. The molecule has 2 N–H and O–H groups in total. The summed E-state index contributed by atoms with van der Waals surface area (Å²) in [5, 5.41) is 3.07. The Labute approximate surface area is 182 Å². The Balaban J connectivity index is 1.73. The van der Waals surface area contributed by atoms with Crippen molar-refractivity contribution in [3.05, 3.63) is 94.0 Å². The summed E-state index contributed by atoms with van der Waals surface area (Å²) in [5.74, 6) is -0.332. The molecule has 3 rings (SSSR count). The van der Waals surface area contributed by atoms with Crippen molar-refractivity contribution in [2.24, 2.45) is 0 Å². The molecule has 0 radical (unpaired) electrons. The highest BCUT2D eigenvalue weighted by Crippen LogP contribution is 2.24. The van der Waals surface area contributed by atoms with Crippen molar-refractivity contribution in [2.45, 2.75) is 31.7 Å². The minimum atomic E-state index is -3.75. The maximum Gasteiger partial charge on any atom is 0.261 e. The Morgan fingerprint density at radius 2 is 1.47 bits per heavy atom. The quantitative estimate of drug-likeness (QED) is 0.547. The summed E-state index contributed by atoms with van der Waals surface area (Å²) in [5.41, 5.74) is 3.64. The third-order valence-electron chi connectivity index (χ3n) is 4.72. The van der Waals surface area contributed by atoms with Gasteiger partial charge in [0.1, 0.15) is 0 Å². The first-order valence-electron chi connectivity index (χ1n) is 9.42. The van der Waals surface area contributed by atoms with Gasteiger partial charge in [-0.05, 0) is 56.7 Å². The molecule has 0 spiro atoms. The lowest BCUT2D eigenvalue weighted by atomic mass is 10.1. The minimum Gasteiger partial charge on any atom is -0.345 e. The number of aryl methyl sites for hydroxylation is 2. The molecule has 3 aromatic carbocycles. The number of sulfonamides is 1. The molecule has 0 fully saturated rings. The van der Waals surface area contributed by atoms with Crippen LogP contribution >= 0.6 is 11.6 Å². The summed E-state index contributed by atoms with van der Waals surface area (Å²) in [6, 6.07) is 18.7. The molecule has 7 heteroatoms. The van der Waals surface area contributed by atoms with Crippen LogP contribution < -0.4 is 10.0 Å². The van der Waals surface area contributed by atoms with Gasteiger partial charge in [0, 0.05) is 0 Å². The lowest BCUT2D eigenvalue weighted by Crippen LogP contribution is -2.27. The largest absolute Gasteiger partial charge is 0.345 e. The van der Waals surface area contributed by atoms with Crippen molar-refractivity contribution in [1.82, 2.24) is 5.32 Å². The van der Waals surface area contributed by atoms with E-state index in [1.807, 2.05) is 45.0 Å². The number of halogens is 1. The molecule has 30 heavy (non-hydrogen) atoms. The van der Waals surface area contributed by atoms with Crippen molar-refractivity contribution in [3.8, 4) is 0 Å². The van der Waals surface area contributed by atoms with Gasteiger partial charge in [-0.15, -0.1) is 0 Å². The van der Waals surface area contributed by atoms with E-state index in [0.717, 1.165) is 16.7 Å². The maximum atomic E-state index is 12.6. The van der Waals surface area contributed by atoms with E-state index in [-0.39, 0.29) is 33.1 Å². The van der Waals surface area contributed by atoms with Gasteiger partial charge in [-0.25, -0.2) is 8.42 Å². The highest BCUT2D eigenvalue weighted by Gasteiger charge is 2.17. The molecule has 0 saturated heterocycles. The van der Waals surface area contributed by atoms with E-state index in [0.29, 0.717) is 0 Å². The van der Waals surface area contributed by atoms with Gasteiger partial charge in [-0.1, -0.05) is 59.1 Å². The summed E-state index contributed by atoms with van der Waals surface area (Å²) in [7, 11) is -3.75. The molecule has 0 heterocycles. The van der Waals surface area contributed by atoms with Crippen molar-refractivity contribution >= 4 is 33.2 Å². The van der Waals surface area contributed by atoms with Gasteiger partial charge in [0.15, 0.2) is 0 Å². The summed E-state index contributed by atoms with van der Waals surface area (Å²) in [6.07, 6.45) is 0. The molecule has 3 aromatic rings. The van der Waals surface area contributed by atoms with Crippen molar-refractivity contribution in [1.29, 1.82) is 0 Å². The number of carbonyl (C=O) groups is 1. The van der Waals surface area contributed by atoms with Crippen LogP contribution in [0.5, 0.6) is 0 Å². The fraction of sp³-hybridized carbons (Fsp3) is 0.174. The average molecular weight is 443 g/mol. The predicted octanol–water partition coefficient (Wildman–Crippen LogP) is 5.25. The second-order valence-corrected chi connectivity index (χ2v) is 9.31. The molecule has 0 aliphatic carbocycles. The Kier molecular flexibility index (Phi) is 6.48. The van der Waals surface area contributed by atoms with Crippen LogP contribution in [0, 0.1) is 13.8 Å². The van der Waals surface area contributed by atoms with Crippen LogP contribution in [0.1, 0.15) is 40.0 Å². The van der Waals surface area contributed by atoms with Gasteiger partial charge >= 0.3 is 0 Å². The fourth-order valence-corrected chi connectivity index (χ4v) is 4.22. The van der Waals surface area contributed by atoms with Crippen LogP contribution in [0.2, 0.25) is 5.02 Å². The number of carbonyl (C=O) groups excluding carboxylic acids is 1. The second-order valence-electron chi connectivity index (χ2n) is 7.22. The zero-order valence-electron chi connectivity index (χ0n) is 16.9. The van der Waals surface area contributed by atoms with E-state index in [4.69, 9.17) is 11.6 Å². The number of nitrogens with one attached hydrogen (secondary N) is 2. The molecule has 1 unspecified atom stereocenters. The summed E-state index contributed by atoms with van der Waals surface area (Å²) >= 11 is 6.27. The Hall–Kier alpha value is -2.83. The summed E-state index contributed by atoms with van der Waals surface area (Å²) in [4.78, 5) is 12.8. The third-order valence-corrected chi connectivity index (χ3v) is 6.43. The van der Waals surface area contributed by atoms with Crippen LogP contribution in [0.25, 0.3) is 0 Å². The molecule has 0 bridgehead atoms. The first-order chi connectivity index (χ1) is 14.2.